The lowest BCUT2D eigenvalue weighted by Gasteiger charge is -2.36. The predicted molar refractivity (Wildman–Crippen MR) is 89.8 cm³/mol. The lowest BCUT2D eigenvalue weighted by molar-refractivity contribution is -0.0730. The lowest BCUT2D eigenvalue weighted by atomic mass is 9.78. The van der Waals surface area contributed by atoms with Crippen molar-refractivity contribution in [2.45, 2.75) is 19.1 Å². The highest BCUT2D eigenvalue weighted by atomic mass is 16.7. The Balaban J connectivity index is 1.90. The van der Waals surface area contributed by atoms with Crippen molar-refractivity contribution in [3.63, 3.8) is 0 Å². The molecule has 6 nitrogen and oxygen atoms in total. The van der Waals surface area contributed by atoms with Crippen molar-refractivity contribution in [2.75, 3.05) is 21.0 Å². The number of ether oxygens (including phenoxy) is 5. The first kappa shape index (κ1) is 15.9. The average Bonchev–Trinajstić information content (AvgIpc) is 3.08. The smallest absolute Gasteiger partial charge is 0.231 e. The standard InChI is InChI=1S/C19H20O6/c1-10-17(11-5-4-6-13(21-2)18(11)22-3)12-7-15-16(24-9-23-15)8-14(12)25-19(10)20/h4-8,10,17,19-20H,9H2,1-3H3/t10-,17+,19+/m0/s1. The third-order valence-corrected chi connectivity index (χ3v) is 4.83. The van der Waals surface area contributed by atoms with Gasteiger partial charge >= 0.3 is 0 Å². The van der Waals surface area contributed by atoms with Crippen molar-refractivity contribution in [3.8, 4) is 28.7 Å². The molecule has 0 radical (unpaired) electrons. The highest BCUT2D eigenvalue weighted by molar-refractivity contribution is 5.59. The Hall–Kier alpha value is -2.60. The van der Waals surface area contributed by atoms with Crippen molar-refractivity contribution < 1.29 is 28.8 Å². The first-order valence-corrected chi connectivity index (χ1v) is 8.13. The van der Waals surface area contributed by atoms with E-state index in [9.17, 15) is 5.11 Å². The average molecular weight is 344 g/mol. The molecule has 0 spiro atoms. The topological polar surface area (TPSA) is 66.4 Å². The molecule has 0 amide bonds. The summed E-state index contributed by atoms with van der Waals surface area (Å²) in [5.74, 6) is 2.86. The molecule has 25 heavy (non-hydrogen) atoms. The minimum atomic E-state index is -0.936. The fraction of sp³-hybridized carbons (Fsp3) is 0.368. The molecule has 2 aromatic carbocycles. The van der Waals surface area contributed by atoms with Crippen LogP contribution in [0.5, 0.6) is 28.7 Å². The van der Waals surface area contributed by atoms with Crippen LogP contribution in [0.25, 0.3) is 0 Å². The molecular weight excluding hydrogens is 324 g/mol. The van der Waals surface area contributed by atoms with Crippen molar-refractivity contribution in [1.29, 1.82) is 0 Å². The van der Waals surface area contributed by atoms with E-state index in [0.717, 1.165) is 11.1 Å². The summed E-state index contributed by atoms with van der Waals surface area (Å²) in [7, 11) is 3.22. The van der Waals surface area contributed by atoms with E-state index in [0.29, 0.717) is 28.7 Å². The molecule has 2 aliphatic rings. The molecule has 0 saturated heterocycles. The van der Waals surface area contributed by atoms with E-state index in [1.54, 1.807) is 20.3 Å². The van der Waals surface area contributed by atoms with Gasteiger partial charge in [-0.05, 0) is 12.1 Å². The lowest BCUT2D eigenvalue weighted by Crippen LogP contribution is -2.34. The zero-order valence-electron chi connectivity index (χ0n) is 14.3. The molecule has 0 aromatic heterocycles. The number of aliphatic hydroxyl groups is 1. The van der Waals surface area contributed by atoms with Gasteiger partial charge in [0.1, 0.15) is 5.75 Å². The van der Waals surface area contributed by atoms with E-state index in [1.807, 2.05) is 31.2 Å². The molecule has 6 heteroatoms. The first-order valence-electron chi connectivity index (χ1n) is 8.13. The normalized spacial score (nSPS) is 23.6. The van der Waals surface area contributed by atoms with Crippen LogP contribution in [0.2, 0.25) is 0 Å². The zero-order chi connectivity index (χ0) is 17.6. The Morgan fingerprint density at radius 3 is 2.48 bits per heavy atom. The Bertz CT molecular complexity index is 803. The summed E-state index contributed by atoms with van der Waals surface area (Å²) < 4.78 is 27.7. The SMILES string of the molecule is COc1cccc([C@@H]2c3cc4c(cc3O[C@@H](O)[C@H]2C)OCO4)c1OC. The molecule has 4 rings (SSSR count). The third kappa shape index (κ3) is 2.44. The van der Waals surface area contributed by atoms with E-state index in [1.165, 1.54) is 0 Å². The minimum absolute atomic E-state index is 0.140. The van der Waals surface area contributed by atoms with Crippen LogP contribution in [-0.4, -0.2) is 32.4 Å². The minimum Gasteiger partial charge on any atom is -0.493 e. The van der Waals surface area contributed by atoms with E-state index in [2.05, 4.69) is 0 Å². The second kappa shape index (κ2) is 6.04. The summed E-state index contributed by atoms with van der Waals surface area (Å²) in [5, 5.41) is 10.4. The number of methoxy groups -OCH3 is 2. The summed E-state index contributed by atoms with van der Waals surface area (Å²) in [4.78, 5) is 0. The Morgan fingerprint density at radius 1 is 1.00 bits per heavy atom. The largest absolute Gasteiger partial charge is 0.493 e. The number of benzene rings is 2. The van der Waals surface area contributed by atoms with Crippen molar-refractivity contribution >= 4 is 0 Å². The Morgan fingerprint density at radius 2 is 1.76 bits per heavy atom. The molecule has 2 aliphatic heterocycles. The molecule has 3 atom stereocenters. The van der Waals surface area contributed by atoms with Crippen LogP contribution < -0.4 is 23.7 Å². The van der Waals surface area contributed by atoms with Gasteiger partial charge in [0.05, 0.1) is 14.2 Å². The predicted octanol–water partition coefficient (Wildman–Crippen LogP) is 2.91. The van der Waals surface area contributed by atoms with Crippen LogP contribution in [0.15, 0.2) is 30.3 Å². The second-order valence-electron chi connectivity index (χ2n) is 6.17. The maximum Gasteiger partial charge on any atom is 0.231 e. The highest BCUT2D eigenvalue weighted by Crippen LogP contribution is 2.51. The number of para-hydroxylation sites is 1. The molecule has 0 bridgehead atoms. The summed E-state index contributed by atoms with van der Waals surface area (Å²) >= 11 is 0. The fourth-order valence-corrected chi connectivity index (χ4v) is 3.58. The quantitative estimate of drug-likeness (QED) is 0.923. The van der Waals surface area contributed by atoms with Gasteiger partial charge in [-0.1, -0.05) is 19.1 Å². The van der Waals surface area contributed by atoms with Crippen molar-refractivity contribution in [1.82, 2.24) is 0 Å². The van der Waals surface area contributed by atoms with Gasteiger partial charge < -0.3 is 28.8 Å². The Kier molecular flexibility index (Phi) is 3.84. The van der Waals surface area contributed by atoms with E-state index in [-0.39, 0.29) is 18.6 Å². The van der Waals surface area contributed by atoms with Gasteiger partial charge in [0.25, 0.3) is 0 Å². The molecular formula is C19H20O6. The maximum atomic E-state index is 10.4. The van der Waals surface area contributed by atoms with E-state index >= 15 is 0 Å². The van der Waals surface area contributed by atoms with Crippen LogP contribution in [-0.2, 0) is 0 Å². The van der Waals surface area contributed by atoms with Gasteiger partial charge in [-0.2, -0.15) is 0 Å². The van der Waals surface area contributed by atoms with Gasteiger partial charge in [0.15, 0.2) is 23.0 Å². The molecule has 1 N–H and O–H groups in total. The molecule has 0 unspecified atom stereocenters. The second-order valence-corrected chi connectivity index (χ2v) is 6.17. The number of hydrogen-bond acceptors (Lipinski definition) is 6. The summed E-state index contributed by atoms with van der Waals surface area (Å²) in [6.45, 7) is 2.13. The first-order chi connectivity index (χ1) is 12.1. The van der Waals surface area contributed by atoms with Crippen LogP contribution >= 0.6 is 0 Å². The monoisotopic (exact) mass is 344 g/mol. The van der Waals surface area contributed by atoms with Crippen LogP contribution in [0.4, 0.5) is 0 Å². The molecule has 0 aliphatic carbocycles. The van der Waals surface area contributed by atoms with E-state index < -0.39 is 6.29 Å². The van der Waals surface area contributed by atoms with Gasteiger partial charge in [-0.15, -0.1) is 0 Å². The molecule has 2 aromatic rings. The third-order valence-electron chi connectivity index (χ3n) is 4.83. The Labute approximate surface area is 145 Å². The maximum absolute atomic E-state index is 10.4. The van der Waals surface area contributed by atoms with Crippen molar-refractivity contribution in [3.05, 3.63) is 41.5 Å². The van der Waals surface area contributed by atoms with Gasteiger partial charge in [0, 0.05) is 29.0 Å². The van der Waals surface area contributed by atoms with Gasteiger partial charge in [-0.3, -0.25) is 0 Å². The summed E-state index contributed by atoms with van der Waals surface area (Å²) in [6.07, 6.45) is -0.936. The summed E-state index contributed by atoms with van der Waals surface area (Å²) in [5.41, 5.74) is 1.85. The number of aliphatic hydroxyl groups excluding tert-OH is 1. The summed E-state index contributed by atoms with van der Waals surface area (Å²) in [6, 6.07) is 9.44. The fourth-order valence-electron chi connectivity index (χ4n) is 3.58. The molecule has 2 heterocycles. The van der Waals surface area contributed by atoms with Crippen molar-refractivity contribution in [2.24, 2.45) is 5.92 Å². The number of rotatable bonds is 3. The van der Waals surface area contributed by atoms with Crippen LogP contribution in [0, 0.1) is 5.92 Å². The van der Waals surface area contributed by atoms with Gasteiger partial charge in [0.2, 0.25) is 13.1 Å². The molecule has 0 fully saturated rings. The number of hydrogen-bond donors (Lipinski definition) is 1. The van der Waals surface area contributed by atoms with Crippen LogP contribution in [0.1, 0.15) is 24.0 Å². The number of fused-ring (bicyclic) bond motifs is 2. The zero-order valence-corrected chi connectivity index (χ0v) is 14.3. The highest BCUT2D eigenvalue weighted by Gasteiger charge is 2.39. The van der Waals surface area contributed by atoms with E-state index in [4.69, 9.17) is 23.7 Å². The van der Waals surface area contributed by atoms with Crippen LogP contribution in [0.3, 0.4) is 0 Å². The molecule has 0 saturated carbocycles. The van der Waals surface area contributed by atoms with Gasteiger partial charge in [-0.25, -0.2) is 0 Å². The molecule has 132 valence electrons.